The van der Waals surface area contributed by atoms with E-state index in [9.17, 15) is 0 Å². The Morgan fingerprint density at radius 1 is 0.351 bits per heavy atom. The Hall–Kier alpha value is -7.76. The lowest BCUT2D eigenvalue weighted by Gasteiger charge is -2.13. The number of hydrogen-bond donors (Lipinski definition) is 0. The molecular formula is C52H32N4O. The lowest BCUT2D eigenvalue weighted by atomic mass is 10.1. The van der Waals surface area contributed by atoms with Crippen molar-refractivity contribution < 1.29 is 4.42 Å². The van der Waals surface area contributed by atoms with E-state index in [0.29, 0.717) is 5.82 Å². The summed E-state index contributed by atoms with van der Waals surface area (Å²) in [6.45, 7) is 0. The van der Waals surface area contributed by atoms with Crippen LogP contribution in [-0.4, -0.2) is 19.1 Å². The van der Waals surface area contributed by atoms with E-state index in [-0.39, 0.29) is 0 Å². The van der Waals surface area contributed by atoms with Crippen LogP contribution in [0, 0.1) is 0 Å². The van der Waals surface area contributed by atoms with Crippen molar-refractivity contribution in [1.29, 1.82) is 0 Å². The zero-order valence-electron chi connectivity index (χ0n) is 30.7. The number of fused-ring (bicyclic) bond motifs is 10. The summed E-state index contributed by atoms with van der Waals surface area (Å²) in [5.74, 6) is 0.699. The van der Waals surface area contributed by atoms with Gasteiger partial charge in [-0.1, -0.05) is 133 Å². The summed E-state index contributed by atoms with van der Waals surface area (Å²) in [5.41, 5.74) is 13.3. The molecule has 0 fully saturated rings. The second kappa shape index (κ2) is 12.4. The quantitative estimate of drug-likeness (QED) is 0.177. The van der Waals surface area contributed by atoms with E-state index >= 15 is 0 Å². The van der Waals surface area contributed by atoms with Gasteiger partial charge in [0, 0.05) is 55.0 Å². The summed E-state index contributed by atoms with van der Waals surface area (Å²) in [5, 5.41) is 7.05. The molecule has 4 heterocycles. The van der Waals surface area contributed by atoms with E-state index < -0.39 is 0 Å². The fourth-order valence-electron chi connectivity index (χ4n) is 8.76. The summed E-state index contributed by atoms with van der Waals surface area (Å²) in [6.07, 6.45) is 0. The van der Waals surface area contributed by atoms with Crippen LogP contribution in [0.2, 0.25) is 0 Å². The Labute approximate surface area is 327 Å². The first-order valence-corrected chi connectivity index (χ1v) is 19.2. The Bertz CT molecular complexity index is 3390. The zero-order valence-corrected chi connectivity index (χ0v) is 30.7. The minimum Gasteiger partial charge on any atom is -0.456 e. The minimum absolute atomic E-state index is 0.699. The molecule has 0 radical (unpaired) electrons. The monoisotopic (exact) mass is 728 g/mol. The highest BCUT2D eigenvalue weighted by atomic mass is 16.3. The van der Waals surface area contributed by atoms with Crippen LogP contribution in [0.4, 0.5) is 0 Å². The van der Waals surface area contributed by atoms with Crippen molar-refractivity contribution in [2.24, 2.45) is 0 Å². The molecule has 5 heteroatoms. The number of aromatic nitrogens is 4. The van der Waals surface area contributed by atoms with E-state index in [1.165, 1.54) is 32.6 Å². The van der Waals surface area contributed by atoms with E-state index in [2.05, 4.69) is 161 Å². The van der Waals surface area contributed by atoms with Crippen LogP contribution in [0.3, 0.4) is 0 Å². The first kappa shape index (κ1) is 31.6. The topological polar surface area (TPSA) is 48.8 Å². The van der Waals surface area contributed by atoms with Crippen LogP contribution >= 0.6 is 0 Å². The maximum Gasteiger partial charge on any atom is 0.160 e. The van der Waals surface area contributed by atoms with Crippen molar-refractivity contribution in [2.45, 2.75) is 0 Å². The summed E-state index contributed by atoms with van der Waals surface area (Å²) in [6, 6.07) is 68.3. The SMILES string of the molecule is c1ccc(-c2cc(-c3ccc(-n4c5cc(-n6c7ccccc7c7ccccc76)ccc5c5ccc6oc7ccccc7c6c54)cc3)nc(-c3ccccc3)n2)cc1. The van der Waals surface area contributed by atoms with Gasteiger partial charge in [-0.2, -0.15) is 0 Å². The van der Waals surface area contributed by atoms with Crippen molar-refractivity contribution >= 4 is 65.6 Å². The highest BCUT2D eigenvalue weighted by molar-refractivity contribution is 6.24. The van der Waals surface area contributed by atoms with Crippen LogP contribution in [0.25, 0.3) is 111 Å². The first-order valence-electron chi connectivity index (χ1n) is 19.2. The van der Waals surface area contributed by atoms with Gasteiger partial charge in [0.25, 0.3) is 0 Å². The molecule has 5 nitrogen and oxygen atoms in total. The van der Waals surface area contributed by atoms with E-state index in [1.54, 1.807) is 0 Å². The molecule has 266 valence electrons. The maximum absolute atomic E-state index is 6.47. The second-order valence-corrected chi connectivity index (χ2v) is 14.6. The molecule has 0 N–H and O–H groups in total. The smallest absolute Gasteiger partial charge is 0.160 e. The molecule has 0 amide bonds. The molecule has 0 aliphatic rings. The predicted molar refractivity (Wildman–Crippen MR) is 234 cm³/mol. The molecule has 12 aromatic rings. The lowest BCUT2D eigenvalue weighted by Crippen LogP contribution is -1.98. The number of nitrogens with zero attached hydrogens (tertiary/aromatic N) is 4. The third-order valence-corrected chi connectivity index (χ3v) is 11.3. The van der Waals surface area contributed by atoms with Gasteiger partial charge < -0.3 is 13.6 Å². The van der Waals surface area contributed by atoms with Gasteiger partial charge in [-0.05, 0) is 60.7 Å². The molecule has 0 bridgehead atoms. The van der Waals surface area contributed by atoms with Crippen LogP contribution < -0.4 is 0 Å². The van der Waals surface area contributed by atoms with Gasteiger partial charge in [0.2, 0.25) is 0 Å². The van der Waals surface area contributed by atoms with Gasteiger partial charge in [-0.3, -0.25) is 0 Å². The van der Waals surface area contributed by atoms with Gasteiger partial charge >= 0.3 is 0 Å². The van der Waals surface area contributed by atoms with E-state index in [1.807, 2.05) is 42.5 Å². The summed E-state index contributed by atoms with van der Waals surface area (Å²) in [7, 11) is 0. The molecule has 0 saturated heterocycles. The van der Waals surface area contributed by atoms with Crippen LogP contribution in [0.5, 0.6) is 0 Å². The van der Waals surface area contributed by atoms with Gasteiger partial charge in [0.1, 0.15) is 11.2 Å². The molecular weight excluding hydrogens is 697 g/mol. The summed E-state index contributed by atoms with van der Waals surface area (Å²) < 4.78 is 11.3. The van der Waals surface area contributed by atoms with Crippen molar-refractivity contribution in [1.82, 2.24) is 19.1 Å². The summed E-state index contributed by atoms with van der Waals surface area (Å²) in [4.78, 5) is 10.1. The van der Waals surface area contributed by atoms with E-state index in [0.717, 1.165) is 72.4 Å². The third kappa shape index (κ3) is 4.89. The van der Waals surface area contributed by atoms with Crippen LogP contribution in [-0.2, 0) is 0 Å². The lowest BCUT2D eigenvalue weighted by molar-refractivity contribution is 0.669. The number of rotatable bonds is 5. The highest BCUT2D eigenvalue weighted by Gasteiger charge is 2.21. The first-order chi connectivity index (χ1) is 28.3. The minimum atomic E-state index is 0.699. The fourth-order valence-corrected chi connectivity index (χ4v) is 8.76. The summed E-state index contributed by atoms with van der Waals surface area (Å²) >= 11 is 0. The molecule has 0 aliphatic carbocycles. The molecule has 0 unspecified atom stereocenters. The number of para-hydroxylation sites is 3. The molecule has 0 atom stereocenters. The maximum atomic E-state index is 6.47. The number of furan rings is 1. The van der Waals surface area contributed by atoms with Gasteiger partial charge in [-0.15, -0.1) is 0 Å². The standard InChI is InChI=1S/C52H32N4O/c1-3-13-33(14-4-1)43-32-44(54-52(53-43)35-15-5-2-6-16-35)34-23-25-36(26-24-34)56-47-31-37(55-45-20-10-7-17-38(45)39-18-8-11-21-46(39)55)27-28-40(47)41-29-30-49-50(51(41)56)42-19-9-12-22-48(42)57-49/h1-32H. The molecule has 4 aromatic heterocycles. The molecule has 8 aromatic carbocycles. The third-order valence-electron chi connectivity index (χ3n) is 11.3. The van der Waals surface area contributed by atoms with Gasteiger partial charge in [0.15, 0.2) is 5.82 Å². The largest absolute Gasteiger partial charge is 0.456 e. The van der Waals surface area contributed by atoms with Gasteiger partial charge in [0.05, 0.1) is 38.8 Å². The highest BCUT2D eigenvalue weighted by Crippen LogP contribution is 2.42. The fraction of sp³-hybridized carbons (Fsp3) is 0. The van der Waals surface area contributed by atoms with Crippen molar-refractivity contribution in [3.8, 4) is 45.3 Å². The average molecular weight is 729 g/mol. The number of benzene rings is 8. The van der Waals surface area contributed by atoms with Crippen molar-refractivity contribution in [2.75, 3.05) is 0 Å². The molecule has 0 aliphatic heterocycles. The van der Waals surface area contributed by atoms with Crippen molar-refractivity contribution in [3.63, 3.8) is 0 Å². The molecule has 12 rings (SSSR count). The van der Waals surface area contributed by atoms with Crippen LogP contribution in [0.1, 0.15) is 0 Å². The Morgan fingerprint density at radius 3 is 1.60 bits per heavy atom. The molecule has 0 spiro atoms. The van der Waals surface area contributed by atoms with Crippen molar-refractivity contribution in [3.05, 3.63) is 194 Å². The Kier molecular flexibility index (Phi) is 6.86. The molecule has 0 saturated carbocycles. The number of hydrogen-bond acceptors (Lipinski definition) is 3. The second-order valence-electron chi connectivity index (χ2n) is 14.6. The normalized spacial score (nSPS) is 11.9. The molecule has 57 heavy (non-hydrogen) atoms. The van der Waals surface area contributed by atoms with E-state index in [4.69, 9.17) is 14.4 Å². The Morgan fingerprint density at radius 2 is 0.895 bits per heavy atom. The predicted octanol–water partition coefficient (Wildman–Crippen LogP) is 13.6. The van der Waals surface area contributed by atoms with Crippen LogP contribution in [0.15, 0.2) is 199 Å². The van der Waals surface area contributed by atoms with Gasteiger partial charge in [-0.25, -0.2) is 9.97 Å². The zero-order chi connectivity index (χ0) is 37.5. The average Bonchev–Trinajstić information content (AvgIpc) is 3.94. The Balaban J connectivity index is 1.10.